The molecule has 2 aromatic rings. The lowest BCUT2D eigenvalue weighted by Crippen LogP contribution is -2.32. The minimum atomic E-state index is -0.503. The summed E-state index contributed by atoms with van der Waals surface area (Å²) in [7, 11) is 0. The second kappa shape index (κ2) is 8.03. The van der Waals surface area contributed by atoms with E-state index in [0.717, 1.165) is 11.1 Å². The minimum absolute atomic E-state index is 0.00792. The van der Waals surface area contributed by atoms with Crippen LogP contribution in [-0.2, 0) is 22.7 Å². The number of nitrogens with two attached hydrogens (primary N) is 1. The van der Waals surface area contributed by atoms with Gasteiger partial charge in [0.2, 0.25) is 17.7 Å². The maximum absolute atomic E-state index is 12.4. The molecule has 6 nitrogen and oxygen atoms in total. The SMILES string of the molecule is Cc1ccc(CN2CC(C(=O)NCc3cccc(C(N)=O)c3)CC2=O)cc1. The topological polar surface area (TPSA) is 92.5 Å². The third-order valence-corrected chi connectivity index (χ3v) is 4.76. The average molecular weight is 365 g/mol. The largest absolute Gasteiger partial charge is 0.366 e. The molecule has 140 valence electrons. The van der Waals surface area contributed by atoms with Crippen LogP contribution in [0.15, 0.2) is 48.5 Å². The zero-order valence-corrected chi connectivity index (χ0v) is 15.3. The van der Waals surface area contributed by atoms with E-state index in [-0.39, 0.29) is 24.2 Å². The van der Waals surface area contributed by atoms with E-state index in [1.807, 2.05) is 37.3 Å². The van der Waals surface area contributed by atoms with E-state index < -0.39 is 5.91 Å². The molecular weight excluding hydrogens is 342 g/mol. The molecule has 1 heterocycles. The molecule has 1 aliphatic rings. The molecule has 1 fully saturated rings. The second-order valence-corrected chi connectivity index (χ2v) is 6.94. The Kier molecular flexibility index (Phi) is 5.54. The van der Waals surface area contributed by atoms with Gasteiger partial charge in [-0.15, -0.1) is 0 Å². The van der Waals surface area contributed by atoms with Gasteiger partial charge >= 0.3 is 0 Å². The van der Waals surface area contributed by atoms with Gasteiger partial charge in [-0.2, -0.15) is 0 Å². The molecule has 6 heteroatoms. The van der Waals surface area contributed by atoms with Crippen molar-refractivity contribution in [3.63, 3.8) is 0 Å². The molecule has 0 aliphatic carbocycles. The highest BCUT2D eigenvalue weighted by molar-refractivity contribution is 5.93. The summed E-state index contributed by atoms with van der Waals surface area (Å²) >= 11 is 0. The highest BCUT2D eigenvalue weighted by Gasteiger charge is 2.34. The van der Waals surface area contributed by atoms with Gasteiger partial charge in [0.25, 0.3) is 0 Å². The molecule has 3 rings (SSSR count). The number of benzene rings is 2. The lowest BCUT2D eigenvalue weighted by Gasteiger charge is -2.17. The Balaban J connectivity index is 1.55. The number of nitrogens with zero attached hydrogens (tertiary/aromatic N) is 1. The normalized spacial score (nSPS) is 16.4. The van der Waals surface area contributed by atoms with Crippen LogP contribution in [-0.4, -0.2) is 29.2 Å². The second-order valence-electron chi connectivity index (χ2n) is 6.94. The van der Waals surface area contributed by atoms with Crippen molar-refractivity contribution >= 4 is 17.7 Å². The summed E-state index contributed by atoms with van der Waals surface area (Å²) in [5, 5.41) is 2.85. The highest BCUT2D eigenvalue weighted by Crippen LogP contribution is 2.21. The van der Waals surface area contributed by atoms with Crippen molar-refractivity contribution in [3.8, 4) is 0 Å². The molecule has 0 aromatic heterocycles. The predicted octanol–water partition coefficient (Wildman–Crippen LogP) is 1.76. The van der Waals surface area contributed by atoms with Crippen LogP contribution in [0, 0.1) is 12.8 Å². The maximum atomic E-state index is 12.4. The number of likely N-dealkylation sites (tertiary alicyclic amines) is 1. The third-order valence-electron chi connectivity index (χ3n) is 4.76. The monoisotopic (exact) mass is 365 g/mol. The van der Waals surface area contributed by atoms with Crippen LogP contribution in [0.4, 0.5) is 0 Å². The number of nitrogens with one attached hydrogen (secondary N) is 1. The van der Waals surface area contributed by atoms with Crippen LogP contribution < -0.4 is 11.1 Å². The molecule has 1 atom stereocenters. The Morgan fingerprint density at radius 1 is 1.15 bits per heavy atom. The summed E-state index contributed by atoms with van der Waals surface area (Å²) in [6.07, 6.45) is 0.221. The van der Waals surface area contributed by atoms with Gasteiger partial charge in [0.05, 0.1) is 5.92 Å². The Hall–Kier alpha value is -3.15. The fourth-order valence-corrected chi connectivity index (χ4v) is 3.18. The van der Waals surface area contributed by atoms with E-state index in [1.165, 1.54) is 5.56 Å². The van der Waals surface area contributed by atoms with Gasteiger partial charge in [0.15, 0.2) is 0 Å². The number of aryl methyl sites for hydroxylation is 1. The maximum Gasteiger partial charge on any atom is 0.248 e. The van der Waals surface area contributed by atoms with Crippen molar-refractivity contribution in [1.82, 2.24) is 10.2 Å². The van der Waals surface area contributed by atoms with Crippen molar-refractivity contribution in [3.05, 3.63) is 70.8 Å². The third kappa shape index (κ3) is 4.73. The van der Waals surface area contributed by atoms with E-state index in [1.54, 1.807) is 23.1 Å². The van der Waals surface area contributed by atoms with Gasteiger partial charge < -0.3 is 16.0 Å². The highest BCUT2D eigenvalue weighted by atomic mass is 16.2. The summed E-state index contributed by atoms with van der Waals surface area (Å²) in [5.74, 6) is -1.02. The fraction of sp³-hybridized carbons (Fsp3) is 0.286. The van der Waals surface area contributed by atoms with E-state index >= 15 is 0 Å². The lowest BCUT2D eigenvalue weighted by atomic mass is 10.1. The number of amides is 3. The minimum Gasteiger partial charge on any atom is -0.366 e. The molecule has 2 aromatic carbocycles. The first-order valence-corrected chi connectivity index (χ1v) is 8.92. The molecular formula is C21H23N3O3. The van der Waals surface area contributed by atoms with Crippen LogP contribution in [0.3, 0.4) is 0 Å². The molecule has 1 aliphatic heterocycles. The summed E-state index contributed by atoms with van der Waals surface area (Å²) in [5.41, 5.74) is 8.69. The van der Waals surface area contributed by atoms with Gasteiger partial charge in [0.1, 0.15) is 0 Å². The molecule has 0 bridgehead atoms. The zero-order chi connectivity index (χ0) is 19.4. The van der Waals surface area contributed by atoms with Gasteiger partial charge in [0, 0.05) is 31.6 Å². The standard InChI is InChI=1S/C21H23N3O3/c1-14-5-7-15(8-6-14)12-24-13-18(10-19(24)25)21(27)23-11-16-3-2-4-17(9-16)20(22)26/h2-9,18H,10-13H2,1H3,(H2,22,26)(H,23,27). The van der Waals surface area contributed by atoms with Crippen molar-refractivity contribution in [2.24, 2.45) is 11.7 Å². The summed E-state index contributed by atoms with van der Waals surface area (Å²) in [4.78, 5) is 37.7. The predicted molar refractivity (Wildman–Crippen MR) is 102 cm³/mol. The smallest absolute Gasteiger partial charge is 0.248 e. The first-order chi connectivity index (χ1) is 12.9. The Morgan fingerprint density at radius 3 is 2.59 bits per heavy atom. The van der Waals surface area contributed by atoms with E-state index in [0.29, 0.717) is 25.2 Å². The van der Waals surface area contributed by atoms with Crippen molar-refractivity contribution in [1.29, 1.82) is 0 Å². The Bertz CT molecular complexity index is 861. The Morgan fingerprint density at radius 2 is 1.89 bits per heavy atom. The van der Waals surface area contributed by atoms with E-state index in [9.17, 15) is 14.4 Å². The fourth-order valence-electron chi connectivity index (χ4n) is 3.18. The molecule has 1 saturated heterocycles. The van der Waals surface area contributed by atoms with E-state index in [4.69, 9.17) is 5.73 Å². The number of carbonyl (C=O) groups is 3. The van der Waals surface area contributed by atoms with Crippen LogP contribution in [0.5, 0.6) is 0 Å². The summed E-state index contributed by atoms with van der Waals surface area (Å²) in [6, 6.07) is 14.9. The zero-order valence-electron chi connectivity index (χ0n) is 15.3. The lowest BCUT2D eigenvalue weighted by molar-refractivity contribution is -0.129. The van der Waals surface area contributed by atoms with Gasteiger partial charge in [-0.05, 0) is 30.2 Å². The van der Waals surface area contributed by atoms with Crippen molar-refractivity contribution < 1.29 is 14.4 Å². The number of hydrogen-bond acceptors (Lipinski definition) is 3. The van der Waals surface area contributed by atoms with Gasteiger partial charge in [-0.25, -0.2) is 0 Å². The van der Waals surface area contributed by atoms with Crippen LogP contribution in [0.25, 0.3) is 0 Å². The molecule has 0 radical (unpaired) electrons. The van der Waals surface area contributed by atoms with Crippen molar-refractivity contribution in [2.45, 2.75) is 26.4 Å². The molecule has 3 N–H and O–H groups in total. The number of rotatable bonds is 6. The van der Waals surface area contributed by atoms with Crippen LogP contribution in [0.2, 0.25) is 0 Å². The average Bonchev–Trinajstić information content (AvgIpc) is 3.02. The molecule has 0 spiro atoms. The van der Waals surface area contributed by atoms with Crippen LogP contribution >= 0.6 is 0 Å². The van der Waals surface area contributed by atoms with E-state index in [2.05, 4.69) is 5.32 Å². The number of carbonyl (C=O) groups excluding carboxylic acids is 3. The molecule has 1 unspecified atom stereocenters. The first-order valence-electron chi connectivity index (χ1n) is 8.92. The number of hydrogen-bond donors (Lipinski definition) is 2. The first kappa shape index (κ1) is 18.6. The molecule has 27 heavy (non-hydrogen) atoms. The summed E-state index contributed by atoms with van der Waals surface area (Å²) in [6.45, 7) is 3.25. The van der Waals surface area contributed by atoms with Crippen LogP contribution in [0.1, 0.15) is 33.5 Å². The summed E-state index contributed by atoms with van der Waals surface area (Å²) < 4.78 is 0. The Labute approximate surface area is 158 Å². The number of primary amides is 1. The van der Waals surface area contributed by atoms with Crippen molar-refractivity contribution in [2.75, 3.05) is 6.54 Å². The molecule has 3 amide bonds. The van der Waals surface area contributed by atoms with Gasteiger partial charge in [-0.1, -0.05) is 42.0 Å². The quantitative estimate of drug-likeness (QED) is 0.817. The molecule has 0 saturated carbocycles. The van der Waals surface area contributed by atoms with Gasteiger partial charge in [-0.3, -0.25) is 14.4 Å².